The fraction of sp³-hybridized carbons (Fsp3) is 0.500. The van der Waals surface area contributed by atoms with Crippen LogP contribution in [0.4, 0.5) is 14.5 Å². The molecular weight excluding hydrogens is 314 g/mol. The monoisotopic (exact) mass is 332 g/mol. The number of amides is 1. The third-order valence-corrected chi connectivity index (χ3v) is 4.89. The summed E-state index contributed by atoms with van der Waals surface area (Å²) in [6.45, 7) is 3.20. The highest BCUT2D eigenvalue weighted by Crippen LogP contribution is 2.21. The second kappa shape index (κ2) is 6.60. The quantitative estimate of drug-likeness (QED) is 0.866. The molecule has 0 aliphatic carbocycles. The van der Waals surface area contributed by atoms with E-state index in [0.717, 1.165) is 25.1 Å². The molecule has 1 atom stereocenters. The fourth-order valence-electron chi connectivity index (χ4n) is 2.40. The average Bonchev–Trinajstić information content (AvgIpc) is 2.84. The zero-order valence-corrected chi connectivity index (χ0v) is 12.9. The van der Waals surface area contributed by atoms with Gasteiger partial charge < -0.3 is 10.2 Å². The molecule has 8 heteroatoms. The number of nitrogens with zero attached hydrogens (tertiary/aromatic N) is 1. The van der Waals surface area contributed by atoms with Crippen molar-refractivity contribution >= 4 is 21.4 Å². The number of carbonyl (C=O) groups excluding carboxylic acids is 1. The number of nitrogens with one attached hydrogen (secondary N) is 1. The summed E-state index contributed by atoms with van der Waals surface area (Å²) in [6, 6.07) is 5.16. The lowest BCUT2D eigenvalue weighted by Crippen LogP contribution is -2.35. The summed E-state index contributed by atoms with van der Waals surface area (Å²) in [7, 11) is -4.56. The van der Waals surface area contributed by atoms with Crippen molar-refractivity contribution in [3.05, 3.63) is 24.3 Å². The first kappa shape index (κ1) is 16.7. The fourth-order valence-corrected chi connectivity index (χ4v) is 3.12. The summed E-state index contributed by atoms with van der Waals surface area (Å²) in [6.07, 6.45) is 1.44. The normalized spacial score (nSPS) is 17.1. The third-order valence-electron chi connectivity index (χ3n) is 3.50. The minimum atomic E-state index is -4.56. The van der Waals surface area contributed by atoms with Gasteiger partial charge in [-0.15, -0.1) is 0 Å². The molecule has 5 nitrogen and oxygen atoms in total. The van der Waals surface area contributed by atoms with Crippen LogP contribution >= 0.6 is 0 Å². The Hall–Kier alpha value is -1.70. The van der Waals surface area contributed by atoms with Crippen molar-refractivity contribution in [2.45, 2.75) is 36.5 Å². The number of benzene rings is 1. The number of likely N-dealkylation sites (tertiary alicyclic amines) is 1. The molecule has 1 saturated heterocycles. The molecule has 0 bridgehead atoms. The minimum absolute atomic E-state index is 0.0281. The molecule has 1 N–H and O–H groups in total. The van der Waals surface area contributed by atoms with Crippen LogP contribution in [0, 0.1) is 0 Å². The molecule has 0 spiro atoms. The number of alkyl halides is 2. The smallest absolute Gasteiger partial charge is 0.341 e. The SMILES string of the molecule is C[C@@H](CN1CCCC1=O)Nc1ccc(S(=O)(=O)C(F)F)cc1. The topological polar surface area (TPSA) is 66.5 Å². The Bertz CT molecular complexity index is 632. The highest BCUT2D eigenvalue weighted by atomic mass is 32.2. The number of sulfone groups is 1. The Labute approximate surface area is 128 Å². The zero-order valence-electron chi connectivity index (χ0n) is 12.1. The van der Waals surface area contributed by atoms with Crippen molar-refractivity contribution in [3.8, 4) is 0 Å². The second-order valence-corrected chi connectivity index (χ2v) is 7.24. The van der Waals surface area contributed by atoms with Crippen LogP contribution in [-0.4, -0.2) is 44.1 Å². The summed E-state index contributed by atoms with van der Waals surface area (Å²) in [5, 5.41) is 3.12. The van der Waals surface area contributed by atoms with Gasteiger partial charge in [0.15, 0.2) is 0 Å². The van der Waals surface area contributed by atoms with E-state index in [2.05, 4.69) is 5.32 Å². The Morgan fingerprint density at radius 1 is 1.27 bits per heavy atom. The number of rotatable bonds is 6. The van der Waals surface area contributed by atoms with Crippen LogP contribution in [0.15, 0.2) is 29.2 Å². The lowest BCUT2D eigenvalue weighted by molar-refractivity contribution is -0.127. The molecule has 0 saturated carbocycles. The average molecular weight is 332 g/mol. The molecule has 22 heavy (non-hydrogen) atoms. The van der Waals surface area contributed by atoms with E-state index in [1.165, 1.54) is 12.1 Å². The molecule has 1 aliphatic rings. The number of carbonyl (C=O) groups is 1. The lowest BCUT2D eigenvalue weighted by Gasteiger charge is -2.22. The van der Waals surface area contributed by atoms with Crippen molar-refractivity contribution in [1.82, 2.24) is 4.90 Å². The van der Waals surface area contributed by atoms with Crippen LogP contribution in [-0.2, 0) is 14.6 Å². The van der Waals surface area contributed by atoms with Crippen LogP contribution in [0.3, 0.4) is 0 Å². The van der Waals surface area contributed by atoms with E-state index in [1.54, 1.807) is 4.90 Å². The van der Waals surface area contributed by atoms with Crippen LogP contribution in [0.5, 0.6) is 0 Å². The summed E-state index contributed by atoms with van der Waals surface area (Å²) in [5.41, 5.74) is 0.618. The highest BCUT2D eigenvalue weighted by Gasteiger charge is 2.26. The molecule has 1 aliphatic heterocycles. The van der Waals surface area contributed by atoms with E-state index in [0.29, 0.717) is 18.7 Å². The van der Waals surface area contributed by atoms with Crippen molar-refractivity contribution in [2.24, 2.45) is 0 Å². The predicted molar refractivity (Wildman–Crippen MR) is 78.5 cm³/mol. The van der Waals surface area contributed by atoms with Gasteiger partial charge >= 0.3 is 5.76 Å². The molecule has 0 radical (unpaired) electrons. The van der Waals surface area contributed by atoms with E-state index in [-0.39, 0.29) is 11.9 Å². The Morgan fingerprint density at radius 3 is 2.41 bits per heavy atom. The van der Waals surface area contributed by atoms with E-state index in [9.17, 15) is 22.0 Å². The molecule has 1 aromatic rings. The molecule has 1 amide bonds. The molecule has 1 aromatic carbocycles. The molecule has 2 rings (SSSR count). The molecular formula is C14H18F2N2O3S. The molecule has 1 fully saturated rings. The van der Waals surface area contributed by atoms with Gasteiger partial charge in [-0.2, -0.15) is 8.78 Å². The van der Waals surface area contributed by atoms with Gasteiger partial charge in [0, 0.05) is 31.2 Å². The Balaban J connectivity index is 1.98. The largest absolute Gasteiger partial charge is 0.381 e. The van der Waals surface area contributed by atoms with Gasteiger partial charge in [-0.1, -0.05) is 0 Å². The molecule has 0 aromatic heterocycles. The lowest BCUT2D eigenvalue weighted by atomic mass is 10.2. The van der Waals surface area contributed by atoms with Crippen LogP contribution in [0.2, 0.25) is 0 Å². The van der Waals surface area contributed by atoms with E-state index in [4.69, 9.17) is 0 Å². The van der Waals surface area contributed by atoms with Gasteiger partial charge in [-0.3, -0.25) is 4.79 Å². The zero-order chi connectivity index (χ0) is 16.3. The Kier molecular flexibility index (Phi) is 5.00. The van der Waals surface area contributed by atoms with Gasteiger partial charge in [0.25, 0.3) is 0 Å². The standard InChI is InChI=1S/C14H18F2N2O3S/c1-10(9-18-8-2-3-13(18)19)17-11-4-6-12(7-5-11)22(20,21)14(15)16/h4-7,10,14,17H,2-3,8-9H2,1H3/t10-/m0/s1. The Morgan fingerprint density at radius 2 is 1.91 bits per heavy atom. The van der Waals surface area contributed by atoms with Crippen LogP contribution in [0.1, 0.15) is 19.8 Å². The van der Waals surface area contributed by atoms with Gasteiger partial charge in [-0.05, 0) is 37.6 Å². The van der Waals surface area contributed by atoms with E-state index in [1.807, 2.05) is 6.92 Å². The first-order chi connectivity index (χ1) is 10.3. The third kappa shape index (κ3) is 3.73. The summed E-state index contributed by atoms with van der Waals surface area (Å²) >= 11 is 0. The van der Waals surface area contributed by atoms with Gasteiger partial charge in [0.2, 0.25) is 15.7 Å². The summed E-state index contributed by atoms with van der Waals surface area (Å²) in [4.78, 5) is 12.9. The molecule has 0 unspecified atom stereocenters. The molecule has 1 heterocycles. The predicted octanol–water partition coefficient (Wildman–Crippen LogP) is 2.11. The minimum Gasteiger partial charge on any atom is -0.381 e. The summed E-state index contributed by atoms with van der Waals surface area (Å²) < 4.78 is 47.5. The van der Waals surface area contributed by atoms with Crippen LogP contribution < -0.4 is 5.32 Å². The number of hydrogen-bond donors (Lipinski definition) is 1. The van der Waals surface area contributed by atoms with Gasteiger partial charge in [0.1, 0.15) is 0 Å². The number of halogens is 2. The summed E-state index contributed by atoms with van der Waals surface area (Å²) in [5.74, 6) is -3.29. The van der Waals surface area contributed by atoms with Crippen molar-refractivity contribution < 1.29 is 22.0 Å². The number of anilines is 1. The van der Waals surface area contributed by atoms with E-state index < -0.39 is 20.5 Å². The first-order valence-electron chi connectivity index (χ1n) is 6.97. The first-order valence-corrected chi connectivity index (χ1v) is 8.52. The molecule has 122 valence electrons. The maximum Gasteiger partial charge on any atom is 0.341 e. The maximum atomic E-state index is 12.4. The van der Waals surface area contributed by atoms with E-state index >= 15 is 0 Å². The van der Waals surface area contributed by atoms with Crippen LogP contribution in [0.25, 0.3) is 0 Å². The maximum absolute atomic E-state index is 12.4. The number of hydrogen-bond acceptors (Lipinski definition) is 4. The van der Waals surface area contributed by atoms with Crippen molar-refractivity contribution in [3.63, 3.8) is 0 Å². The van der Waals surface area contributed by atoms with Crippen molar-refractivity contribution in [1.29, 1.82) is 0 Å². The van der Waals surface area contributed by atoms with Gasteiger partial charge in [-0.25, -0.2) is 8.42 Å². The second-order valence-electron chi connectivity index (χ2n) is 5.32. The van der Waals surface area contributed by atoms with Gasteiger partial charge in [0.05, 0.1) is 4.90 Å². The highest BCUT2D eigenvalue weighted by molar-refractivity contribution is 7.91. The van der Waals surface area contributed by atoms with Crippen molar-refractivity contribution in [2.75, 3.05) is 18.4 Å².